The summed E-state index contributed by atoms with van der Waals surface area (Å²) in [5.74, 6) is 1.49. The molecule has 0 fully saturated rings. The van der Waals surface area contributed by atoms with Crippen LogP contribution in [0.25, 0.3) is 0 Å². The Bertz CT molecular complexity index is 352. The number of hydrogen-bond acceptors (Lipinski definition) is 3. The average Bonchev–Trinajstić information content (AvgIpc) is 2.35. The molecule has 0 radical (unpaired) electrons. The van der Waals surface area contributed by atoms with Crippen molar-refractivity contribution < 1.29 is 9.84 Å². The van der Waals surface area contributed by atoms with E-state index in [4.69, 9.17) is 4.74 Å². The van der Waals surface area contributed by atoms with E-state index in [1.807, 2.05) is 25.1 Å². The van der Waals surface area contributed by atoms with Gasteiger partial charge in [-0.3, -0.25) is 0 Å². The zero-order chi connectivity index (χ0) is 12.8. The van der Waals surface area contributed by atoms with Gasteiger partial charge >= 0.3 is 0 Å². The third-order valence-corrected chi connectivity index (χ3v) is 4.27. The summed E-state index contributed by atoms with van der Waals surface area (Å²) in [4.78, 5) is 0. The van der Waals surface area contributed by atoms with Gasteiger partial charge < -0.3 is 9.84 Å². The number of aryl methyl sites for hydroxylation is 1. The molecule has 2 nitrogen and oxygen atoms in total. The number of benzene rings is 1. The fraction of sp³-hybridized carbons (Fsp3) is 0.571. The van der Waals surface area contributed by atoms with Crippen molar-refractivity contribution in [3.05, 3.63) is 29.3 Å². The molecule has 3 heteroatoms. The van der Waals surface area contributed by atoms with Gasteiger partial charge in [0.05, 0.1) is 13.2 Å². The number of methoxy groups -OCH3 is 1. The molecule has 2 atom stereocenters. The lowest BCUT2D eigenvalue weighted by Crippen LogP contribution is -2.06. The first-order valence-corrected chi connectivity index (χ1v) is 7.07. The second kappa shape index (κ2) is 6.92. The van der Waals surface area contributed by atoms with Gasteiger partial charge in [-0.1, -0.05) is 25.5 Å². The molecule has 1 aromatic carbocycles. The van der Waals surface area contributed by atoms with Crippen LogP contribution in [0.3, 0.4) is 0 Å². The molecule has 1 aromatic rings. The van der Waals surface area contributed by atoms with Crippen LogP contribution in [0.2, 0.25) is 0 Å². The van der Waals surface area contributed by atoms with Crippen molar-refractivity contribution in [1.29, 1.82) is 0 Å². The van der Waals surface area contributed by atoms with Crippen molar-refractivity contribution in [2.75, 3.05) is 12.9 Å². The van der Waals surface area contributed by atoms with Gasteiger partial charge in [0.15, 0.2) is 0 Å². The van der Waals surface area contributed by atoms with Gasteiger partial charge in [0.1, 0.15) is 5.75 Å². The Morgan fingerprint density at radius 2 is 2.12 bits per heavy atom. The molecule has 0 aliphatic carbocycles. The maximum Gasteiger partial charge on any atom is 0.124 e. The Balaban J connectivity index is 2.73. The molecule has 0 heterocycles. The molecule has 0 aliphatic heterocycles. The molecule has 0 spiro atoms. The third kappa shape index (κ3) is 4.25. The number of hydrogen-bond donors (Lipinski definition) is 1. The Hall–Kier alpha value is -0.670. The molecule has 0 bridgehead atoms. The lowest BCUT2D eigenvalue weighted by molar-refractivity contribution is 0.199. The molecule has 0 aliphatic rings. The minimum Gasteiger partial charge on any atom is -0.496 e. The van der Waals surface area contributed by atoms with Crippen molar-refractivity contribution in [2.45, 2.75) is 38.5 Å². The van der Waals surface area contributed by atoms with E-state index >= 15 is 0 Å². The van der Waals surface area contributed by atoms with E-state index < -0.39 is 6.10 Å². The summed E-state index contributed by atoms with van der Waals surface area (Å²) in [7, 11) is 1.64. The van der Waals surface area contributed by atoms with Crippen LogP contribution in [0.15, 0.2) is 18.2 Å². The SMILES string of the molecule is CCC(C)SCC(O)c1cc(C)ccc1OC. The highest BCUT2D eigenvalue weighted by molar-refractivity contribution is 7.99. The summed E-state index contributed by atoms with van der Waals surface area (Å²) >= 11 is 1.80. The number of rotatable bonds is 6. The van der Waals surface area contributed by atoms with Gasteiger partial charge in [-0.05, 0) is 25.5 Å². The lowest BCUT2D eigenvalue weighted by atomic mass is 10.1. The van der Waals surface area contributed by atoms with E-state index in [-0.39, 0.29) is 0 Å². The van der Waals surface area contributed by atoms with Crippen molar-refractivity contribution in [2.24, 2.45) is 0 Å². The van der Waals surface area contributed by atoms with Gasteiger partial charge in [0.25, 0.3) is 0 Å². The van der Waals surface area contributed by atoms with Crippen LogP contribution in [0.5, 0.6) is 5.75 Å². The van der Waals surface area contributed by atoms with Crippen LogP contribution >= 0.6 is 11.8 Å². The number of thioether (sulfide) groups is 1. The van der Waals surface area contributed by atoms with E-state index in [1.165, 1.54) is 0 Å². The van der Waals surface area contributed by atoms with Crippen LogP contribution in [-0.2, 0) is 0 Å². The van der Waals surface area contributed by atoms with Gasteiger partial charge in [-0.25, -0.2) is 0 Å². The summed E-state index contributed by atoms with van der Waals surface area (Å²) in [6.07, 6.45) is 0.673. The molecule has 0 saturated heterocycles. The minimum absolute atomic E-state index is 0.455. The normalized spacial score (nSPS) is 14.4. The zero-order valence-corrected chi connectivity index (χ0v) is 11.9. The summed E-state index contributed by atoms with van der Waals surface area (Å²) in [5, 5.41) is 10.8. The maximum atomic E-state index is 10.2. The summed E-state index contributed by atoms with van der Waals surface area (Å²) in [5.41, 5.74) is 2.04. The highest BCUT2D eigenvalue weighted by Crippen LogP contribution is 2.29. The molecule has 1 N–H and O–H groups in total. The summed E-state index contributed by atoms with van der Waals surface area (Å²) in [6, 6.07) is 5.92. The van der Waals surface area contributed by atoms with Crippen molar-refractivity contribution in [3.8, 4) is 5.75 Å². The monoisotopic (exact) mass is 254 g/mol. The number of aliphatic hydroxyl groups excluding tert-OH is 1. The molecular weight excluding hydrogens is 232 g/mol. The smallest absolute Gasteiger partial charge is 0.124 e. The van der Waals surface area contributed by atoms with Gasteiger partial charge in [-0.2, -0.15) is 11.8 Å². The van der Waals surface area contributed by atoms with Crippen LogP contribution in [-0.4, -0.2) is 23.2 Å². The fourth-order valence-electron chi connectivity index (χ4n) is 1.58. The van der Waals surface area contributed by atoms with Gasteiger partial charge in [-0.15, -0.1) is 0 Å². The van der Waals surface area contributed by atoms with E-state index in [9.17, 15) is 5.11 Å². The third-order valence-electron chi connectivity index (χ3n) is 2.86. The molecule has 0 aromatic heterocycles. The van der Waals surface area contributed by atoms with Crippen molar-refractivity contribution in [1.82, 2.24) is 0 Å². The molecule has 0 amide bonds. The molecule has 2 unspecified atom stereocenters. The molecule has 1 rings (SSSR count). The first-order chi connectivity index (χ1) is 8.08. The van der Waals surface area contributed by atoms with Crippen LogP contribution in [0, 0.1) is 6.92 Å². The lowest BCUT2D eigenvalue weighted by Gasteiger charge is -2.17. The summed E-state index contributed by atoms with van der Waals surface area (Å²) in [6.45, 7) is 6.37. The second-order valence-electron chi connectivity index (χ2n) is 4.31. The quantitative estimate of drug-likeness (QED) is 0.841. The predicted octanol–water partition coefficient (Wildman–Crippen LogP) is 3.57. The van der Waals surface area contributed by atoms with E-state index in [0.717, 1.165) is 29.1 Å². The number of aliphatic hydroxyl groups is 1. The standard InChI is InChI=1S/C14H22O2S/c1-5-11(3)17-9-13(15)12-8-10(2)6-7-14(12)16-4/h6-8,11,13,15H,5,9H2,1-4H3. The molecule has 17 heavy (non-hydrogen) atoms. The molecule has 0 saturated carbocycles. The van der Waals surface area contributed by atoms with Crippen LogP contribution in [0.4, 0.5) is 0 Å². The Morgan fingerprint density at radius 1 is 1.41 bits per heavy atom. The van der Waals surface area contributed by atoms with E-state index in [0.29, 0.717) is 5.25 Å². The zero-order valence-electron chi connectivity index (χ0n) is 11.1. The topological polar surface area (TPSA) is 29.5 Å². The van der Waals surface area contributed by atoms with Crippen LogP contribution in [0.1, 0.15) is 37.5 Å². The first-order valence-electron chi connectivity index (χ1n) is 6.02. The summed E-state index contributed by atoms with van der Waals surface area (Å²) < 4.78 is 5.29. The Kier molecular flexibility index (Phi) is 5.86. The Labute approximate surface area is 108 Å². The molecule has 96 valence electrons. The largest absolute Gasteiger partial charge is 0.496 e. The average molecular weight is 254 g/mol. The van der Waals surface area contributed by atoms with Crippen molar-refractivity contribution >= 4 is 11.8 Å². The number of ether oxygens (including phenoxy) is 1. The minimum atomic E-state index is -0.455. The highest BCUT2D eigenvalue weighted by Gasteiger charge is 2.14. The maximum absolute atomic E-state index is 10.2. The Morgan fingerprint density at radius 3 is 2.71 bits per heavy atom. The van der Waals surface area contributed by atoms with E-state index in [2.05, 4.69) is 13.8 Å². The van der Waals surface area contributed by atoms with Gasteiger partial charge in [0, 0.05) is 16.6 Å². The van der Waals surface area contributed by atoms with E-state index in [1.54, 1.807) is 18.9 Å². The highest BCUT2D eigenvalue weighted by atomic mass is 32.2. The second-order valence-corrected chi connectivity index (χ2v) is 5.78. The van der Waals surface area contributed by atoms with Crippen LogP contribution < -0.4 is 4.74 Å². The predicted molar refractivity (Wildman–Crippen MR) is 74.9 cm³/mol. The fourth-order valence-corrected chi connectivity index (χ4v) is 2.50. The van der Waals surface area contributed by atoms with Crippen molar-refractivity contribution in [3.63, 3.8) is 0 Å². The first kappa shape index (κ1) is 14.4. The van der Waals surface area contributed by atoms with Gasteiger partial charge in [0.2, 0.25) is 0 Å². The molecular formula is C14H22O2S.